The van der Waals surface area contributed by atoms with Crippen LogP contribution in [0.3, 0.4) is 0 Å². The molecule has 1 heterocycles. The second-order valence-corrected chi connectivity index (χ2v) is 6.60. The van der Waals surface area contributed by atoms with Gasteiger partial charge in [0, 0.05) is 19.0 Å². The molecular formula is C14H23NO2. The van der Waals surface area contributed by atoms with Gasteiger partial charge in [-0.25, -0.2) is 0 Å². The number of hydrogen-bond acceptors (Lipinski definition) is 2. The molecule has 0 aromatic heterocycles. The maximum absolute atomic E-state index is 12.4. The molecule has 2 aliphatic carbocycles. The van der Waals surface area contributed by atoms with Crippen molar-refractivity contribution in [1.82, 2.24) is 4.90 Å². The standard InChI is InChI=1S/C14H23NO2/c1-14(17)4-6-15(7-5-14)13(16)12-9-10-2-3-11(12)8-10/h10-12,17H,2-9H2,1H3. The van der Waals surface area contributed by atoms with Crippen LogP contribution < -0.4 is 0 Å². The van der Waals surface area contributed by atoms with E-state index < -0.39 is 5.60 Å². The van der Waals surface area contributed by atoms with Crippen LogP contribution in [0.2, 0.25) is 0 Å². The van der Waals surface area contributed by atoms with Gasteiger partial charge in [0.2, 0.25) is 5.91 Å². The van der Waals surface area contributed by atoms with Crippen molar-refractivity contribution < 1.29 is 9.90 Å². The van der Waals surface area contributed by atoms with E-state index in [1.165, 1.54) is 19.3 Å². The third-order valence-electron chi connectivity index (χ3n) is 5.21. The molecule has 96 valence electrons. The summed E-state index contributed by atoms with van der Waals surface area (Å²) in [4.78, 5) is 14.4. The molecule has 0 radical (unpaired) electrons. The monoisotopic (exact) mass is 237 g/mol. The van der Waals surface area contributed by atoms with Crippen LogP contribution in [0.4, 0.5) is 0 Å². The van der Waals surface area contributed by atoms with Crippen molar-refractivity contribution in [3.63, 3.8) is 0 Å². The van der Waals surface area contributed by atoms with Gasteiger partial charge in [0.1, 0.15) is 0 Å². The van der Waals surface area contributed by atoms with Gasteiger partial charge >= 0.3 is 0 Å². The highest BCUT2D eigenvalue weighted by Gasteiger charge is 2.45. The quantitative estimate of drug-likeness (QED) is 0.755. The molecule has 3 fully saturated rings. The minimum absolute atomic E-state index is 0.316. The second-order valence-electron chi connectivity index (χ2n) is 6.60. The Kier molecular flexibility index (Phi) is 2.69. The fourth-order valence-corrected chi connectivity index (χ4v) is 3.99. The molecule has 3 unspecified atom stereocenters. The Bertz CT molecular complexity index is 316. The number of likely N-dealkylation sites (tertiary alicyclic amines) is 1. The zero-order chi connectivity index (χ0) is 12.0. The molecule has 0 spiro atoms. The zero-order valence-corrected chi connectivity index (χ0v) is 10.7. The summed E-state index contributed by atoms with van der Waals surface area (Å²) in [5, 5.41) is 9.91. The number of amides is 1. The van der Waals surface area contributed by atoms with E-state index in [-0.39, 0.29) is 0 Å². The van der Waals surface area contributed by atoms with E-state index in [1.54, 1.807) is 0 Å². The van der Waals surface area contributed by atoms with E-state index >= 15 is 0 Å². The van der Waals surface area contributed by atoms with Crippen molar-refractivity contribution in [2.45, 2.75) is 51.0 Å². The molecule has 3 rings (SSSR count). The minimum Gasteiger partial charge on any atom is -0.390 e. The number of fused-ring (bicyclic) bond motifs is 2. The number of rotatable bonds is 1. The number of piperidine rings is 1. The van der Waals surface area contributed by atoms with Gasteiger partial charge in [-0.1, -0.05) is 6.42 Å². The lowest BCUT2D eigenvalue weighted by molar-refractivity contribution is -0.141. The first-order chi connectivity index (χ1) is 8.05. The highest BCUT2D eigenvalue weighted by atomic mass is 16.3. The van der Waals surface area contributed by atoms with Crippen molar-refractivity contribution >= 4 is 5.91 Å². The van der Waals surface area contributed by atoms with Gasteiger partial charge in [-0.15, -0.1) is 0 Å². The third kappa shape index (κ3) is 2.10. The fourth-order valence-electron chi connectivity index (χ4n) is 3.99. The summed E-state index contributed by atoms with van der Waals surface area (Å²) < 4.78 is 0. The predicted octanol–water partition coefficient (Wildman–Crippen LogP) is 1.80. The van der Waals surface area contributed by atoms with E-state index in [0.29, 0.717) is 17.7 Å². The molecule has 1 saturated heterocycles. The van der Waals surface area contributed by atoms with E-state index in [2.05, 4.69) is 0 Å². The van der Waals surface area contributed by atoms with Gasteiger partial charge in [0.05, 0.1) is 5.60 Å². The molecule has 3 atom stereocenters. The normalized spacial score (nSPS) is 39.6. The Balaban J connectivity index is 1.60. The third-order valence-corrected chi connectivity index (χ3v) is 5.21. The molecular weight excluding hydrogens is 214 g/mol. The summed E-state index contributed by atoms with van der Waals surface area (Å²) in [7, 11) is 0. The maximum atomic E-state index is 12.4. The maximum Gasteiger partial charge on any atom is 0.225 e. The second kappa shape index (κ2) is 3.98. The Morgan fingerprint density at radius 3 is 2.47 bits per heavy atom. The van der Waals surface area contributed by atoms with Crippen molar-refractivity contribution in [2.24, 2.45) is 17.8 Å². The molecule has 17 heavy (non-hydrogen) atoms. The van der Waals surface area contributed by atoms with Crippen molar-refractivity contribution in [2.75, 3.05) is 13.1 Å². The molecule has 2 saturated carbocycles. The average molecular weight is 237 g/mol. The van der Waals surface area contributed by atoms with E-state index in [4.69, 9.17) is 0 Å². The number of carbonyl (C=O) groups excluding carboxylic acids is 1. The van der Waals surface area contributed by atoms with Crippen LogP contribution in [-0.4, -0.2) is 34.6 Å². The van der Waals surface area contributed by atoms with Crippen LogP contribution in [0, 0.1) is 17.8 Å². The fraction of sp³-hybridized carbons (Fsp3) is 0.929. The summed E-state index contributed by atoms with van der Waals surface area (Å²) in [6, 6.07) is 0. The molecule has 3 heteroatoms. The van der Waals surface area contributed by atoms with Gasteiger partial charge in [0.25, 0.3) is 0 Å². The van der Waals surface area contributed by atoms with Crippen LogP contribution in [0.15, 0.2) is 0 Å². The lowest BCUT2D eigenvalue weighted by atomic mass is 9.86. The van der Waals surface area contributed by atoms with Crippen LogP contribution in [0.1, 0.15) is 45.4 Å². The molecule has 1 N–H and O–H groups in total. The first kappa shape index (κ1) is 11.5. The summed E-state index contributed by atoms with van der Waals surface area (Å²) in [6.07, 6.45) is 6.52. The topological polar surface area (TPSA) is 40.5 Å². The highest BCUT2D eigenvalue weighted by Crippen LogP contribution is 2.49. The van der Waals surface area contributed by atoms with Crippen molar-refractivity contribution in [1.29, 1.82) is 0 Å². The lowest BCUT2D eigenvalue weighted by Gasteiger charge is -2.38. The van der Waals surface area contributed by atoms with Crippen LogP contribution in [0.5, 0.6) is 0 Å². The lowest BCUT2D eigenvalue weighted by Crippen LogP contribution is -2.47. The molecule has 0 aromatic carbocycles. The molecule has 1 amide bonds. The largest absolute Gasteiger partial charge is 0.390 e. The first-order valence-electron chi connectivity index (χ1n) is 7.06. The van der Waals surface area contributed by atoms with Crippen molar-refractivity contribution in [3.05, 3.63) is 0 Å². The van der Waals surface area contributed by atoms with E-state index in [0.717, 1.165) is 38.3 Å². The van der Waals surface area contributed by atoms with E-state index in [9.17, 15) is 9.90 Å². The van der Waals surface area contributed by atoms with Crippen LogP contribution >= 0.6 is 0 Å². The Morgan fingerprint density at radius 2 is 1.94 bits per heavy atom. The molecule has 3 aliphatic rings. The van der Waals surface area contributed by atoms with Gasteiger partial charge in [-0.3, -0.25) is 4.79 Å². The number of aliphatic hydroxyl groups is 1. The predicted molar refractivity (Wildman–Crippen MR) is 65.4 cm³/mol. The SMILES string of the molecule is CC1(O)CCN(C(=O)C2CC3CCC2C3)CC1. The zero-order valence-electron chi connectivity index (χ0n) is 10.7. The van der Waals surface area contributed by atoms with E-state index in [1.807, 2.05) is 11.8 Å². The summed E-state index contributed by atoms with van der Waals surface area (Å²) in [5.41, 5.74) is -0.550. The molecule has 1 aliphatic heterocycles. The smallest absolute Gasteiger partial charge is 0.225 e. The Labute approximate surface area is 103 Å². The first-order valence-corrected chi connectivity index (χ1v) is 7.06. The highest BCUT2D eigenvalue weighted by molar-refractivity contribution is 5.79. The number of carbonyl (C=O) groups is 1. The van der Waals surface area contributed by atoms with Gasteiger partial charge in [-0.2, -0.15) is 0 Å². The summed E-state index contributed by atoms with van der Waals surface area (Å²) >= 11 is 0. The number of nitrogens with zero attached hydrogens (tertiary/aromatic N) is 1. The van der Waals surface area contributed by atoms with Gasteiger partial charge in [-0.05, 0) is 50.9 Å². The van der Waals surface area contributed by atoms with Gasteiger partial charge in [0.15, 0.2) is 0 Å². The molecule has 2 bridgehead atoms. The Hall–Kier alpha value is -0.570. The van der Waals surface area contributed by atoms with Crippen LogP contribution in [0.25, 0.3) is 0 Å². The van der Waals surface area contributed by atoms with Crippen molar-refractivity contribution in [3.8, 4) is 0 Å². The van der Waals surface area contributed by atoms with Crippen LogP contribution in [-0.2, 0) is 4.79 Å². The average Bonchev–Trinajstić information content (AvgIpc) is 2.89. The molecule has 3 nitrogen and oxygen atoms in total. The summed E-state index contributed by atoms with van der Waals surface area (Å²) in [5.74, 6) is 2.21. The number of hydrogen-bond donors (Lipinski definition) is 1. The molecule has 0 aromatic rings. The minimum atomic E-state index is -0.550. The summed E-state index contributed by atoms with van der Waals surface area (Å²) in [6.45, 7) is 3.38. The Morgan fingerprint density at radius 1 is 1.24 bits per heavy atom. The van der Waals surface area contributed by atoms with Gasteiger partial charge < -0.3 is 10.0 Å².